The highest BCUT2D eigenvalue weighted by Crippen LogP contribution is 2.00. The number of carbonyl (C=O) groups excluding carboxylic acids is 2. The van der Waals surface area contributed by atoms with Crippen LogP contribution in [0.25, 0.3) is 0 Å². The predicted octanol–water partition coefficient (Wildman–Crippen LogP) is 0.587. The molecule has 0 saturated heterocycles. The van der Waals surface area contributed by atoms with E-state index < -0.39 is 0 Å². The average Bonchev–Trinajstić information content (AvgIpc) is 2.21. The monoisotopic (exact) mass is 213 g/mol. The Morgan fingerprint density at radius 1 is 1.20 bits per heavy atom. The van der Waals surface area contributed by atoms with Gasteiger partial charge in [0.15, 0.2) is 5.78 Å². The second-order valence-electron chi connectivity index (χ2n) is 3.58. The Labute approximate surface area is 90.1 Å². The SMILES string of the molecule is CC(C)=NCC(=O)CCCCC(=O)NN. The molecule has 0 aromatic heterocycles. The highest BCUT2D eigenvalue weighted by atomic mass is 16.2. The van der Waals surface area contributed by atoms with Crippen LogP contribution < -0.4 is 11.3 Å². The molecule has 0 fully saturated rings. The van der Waals surface area contributed by atoms with Gasteiger partial charge in [-0.2, -0.15) is 0 Å². The molecule has 0 heterocycles. The molecule has 0 rings (SSSR count). The van der Waals surface area contributed by atoms with Crippen molar-refractivity contribution in [1.82, 2.24) is 5.43 Å². The molecule has 0 aromatic carbocycles. The van der Waals surface area contributed by atoms with Crippen molar-refractivity contribution in [2.24, 2.45) is 10.8 Å². The Bertz CT molecular complexity index is 245. The number of ketones is 1. The molecule has 0 saturated carbocycles. The maximum absolute atomic E-state index is 11.2. The lowest BCUT2D eigenvalue weighted by atomic mass is 10.1. The first-order chi connectivity index (χ1) is 7.06. The number of nitrogens with zero attached hydrogens (tertiary/aromatic N) is 1. The first kappa shape index (κ1) is 13.8. The number of hydrogen-bond acceptors (Lipinski definition) is 4. The van der Waals surface area contributed by atoms with Crippen LogP contribution in [0.15, 0.2) is 4.99 Å². The van der Waals surface area contributed by atoms with E-state index in [2.05, 4.69) is 4.99 Å². The van der Waals surface area contributed by atoms with Crippen LogP contribution in [0.2, 0.25) is 0 Å². The summed E-state index contributed by atoms with van der Waals surface area (Å²) in [5.41, 5.74) is 2.96. The molecule has 0 atom stereocenters. The van der Waals surface area contributed by atoms with E-state index in [0.717, 1.165) is 5.71 Å². The fraction of sp³-hybridized carbons (Fsp3) is 0.700. The fourth-order valence-electron chi connectivity index (χ4n) is 1.01. The average molecular weight is 213 g/mol. The van der Waals surface area contributed by atoms with E-state index in [1.54, 1.807) is 0 Å². The molecule has 0 radical (unpaired) electrons. The molecule has 0 unspecified atom stereocenters. The fourth-order valence-corrected chi connectivity index (χ4v) is 1.01. The van der Waals surface area contributed by atoms with Gasteiger partial charge in [0, 0.05) is 18.6 Å². The smallest absolute Gasteiger partial charge is 0.233 e. The van der Waals surface area contributed by atoms with Gasteiger partial charge in [-0.15, -0.1) is 0 Å². The molecule has 1 amide bonds. The van der Waals surface area contributed by atoms with Crippen molar-refractivity contribution < 1.29 is 9.59 Å². The number of unbranched alkanes of at least 4 members (excludes halogenated alkanes) is 1. The summed E-state index contributed by atoms with van der Waals surface area (Å²) in [6.45, 7) is 3.98. The molecule has 0 bridgehead atoms. The Kier molecular flexibility index (Phi) is 7.44. The molecule has 0 aliphatic rings. The quantitative estimate of drug-likeness (QED) is 0.213. The van der Waals surface area contributed by atoms with Crippen molar-refractivity contribution in [3.05, 3.63) is 0 Å². The van der Waals surface area contributed by atoms with E-state index in [4.69, 9.17) is 5.84 Å². The molecule has 0 aromatic rings. The number of rotatable bonds is 7. The summed E-state index contributed by atoms with van der Waals surface area (Å²) in [6.07, 6.45) is 2.25. The van der Waals surface area contributed by atoms with Gasteiger partial charge >= 0.3 is 0 Å². The Morgan fingerprint density at radius 3 is 2.33 bits per heavy atom. The molecule has 0 aliphatic heterocycles. The third kappa shape index (κ3) is 9.08. The number of nitrogens with two attached hydrogens (primary N) is 1. The van der Waals surface area contributed by atoms with Gasteiger partial charge < -0.3 is 0 Å². The number of nitrogens with one attached hydrogen (secondary N) is 1. The van der Waals surface area contributed by atoms with Crippen molar-refractivity contribution >= 4 is 17.4 Å². The predicted molar refractivity (Wildman–Crippen MR) is 59.5 cm³/mol. The van der Waals surface area contributed by atoms with Crippen LogP contribution in [0.5, 0.6) is 0 Å². The van der Waals surface area contributed by atoms with E-state index in [1.807, 2.05) is 19.3 Å². The molecule has 0 aliphatic carbocycles. The zero-order chi connectivity index (χ0) is 11.7. The van der Waals surface area contributed by atoms with Crippen LogP contribution in [-0.4, -0.2) is 23.9 Å². The van der Waals surface area contributed by atoms with Crippen molar-refractivity contribution in [2.45, 2.75) is 39.5 Å². The number of hydrazine groups is 1. The standard InChI is InChI=1S/C10H19N3O2/c1-8(2)12-7-9(14)5-3-4-6-10(15)13-11/h3-7,11H2,1-2H3,(H,13,15). The van der Waals surface area contributed by atoms with E-state index in [-0.39, 0.29) is 18.2 Å². The summed E-state index contributed by atoms with van der Waals surface area (Å²) in [4.78, 5) is 26.0. The first-order valence-electron chi connectivity index (χ1n) is 5.05. The minimum Gasteiger partial charge on any atom is -0.298 e. The van der Waals surface area contributed by atoms with Crippen LogP contribution >= 0.6 is 0 Å². The lowest BCUT2D eigenvalue weighted by Gasteiger charge is -1.99. The largest absolute Gasteiger partial charge is 0.298 e. The molecule has 15 heavy (non-hydrogen) atoms. The van der Waals surface area contributed by atoms with Crippen molar-refractivity contribution in [2.75, 3.05) is 6.54 Å². The molecule has 5 heteroatoms. The number of amides is 1. The van der Waals surface area contributed by atoms with Crippen LogP contribution in [0.1, 0.15) is 39.5 Å². The normalized spacial score (nSPS) is 9.53. The van der Waals surface area contributed by atoms with Crippen molar-refractivity contribution in [3.63, 3.8) is 0 Å². The second-order valence-corrected chi connectivity index (χ2v) is 3.58. The van der Waals surface area contributed by atoms with Gasteiger partial charge in [-0.05, 0) is 26.7 Å². The maximum atomic E-state index is 11.2. The van der Waals surface area contributed by atoms with Crippen LogP contribution in [0, 0.1) is 0 Å². The van der Waals surface area contributed by atoms with Gasteiger partial charge in [-0.3, -0.25) is 20.0 Å². The van der Waals surface area contributed by atoms with E-state index in [0.29, 0.717) is 25.7 Å². The van der Waals surface area contributed by atoms with Crippen LogP contribution in [0.4, 0.5) is 0 Å². The van der Waals surface area contributed by atoms with Gasteiger partial charge in [0.05, 0.1) is 6.54 Å². The zero-order valence-corrected chi connectivity index (χ0v) is 9.38. The van der Waals surface area contributed by atoms with Crippen molar-refractivity contribution in [3.8, 4) is 0 Å². The third-order valence-electron chi connectivity index (χ3n) is 1.84. The number of carbonyl (C=O) groups is 2. The molecule has 0 spiro atoms. The summed E-state index contributed by atoms with van der Waals surface area (Å²) in [5.74, 6) is 4.84. The lowest BCUT2D eigenvalue weighted by molar-refractivity contribution is -0.122. The molecule has 5 nitrogen and oxygen atoms in total. The molecule has 86 valence electrons. The summed E-state index contributed by atoms with van der Waals surface area (Å²) < 4.78 is 0. The second kappa shape index (κ2) is 8.11. The molecule has 3 N–H and O–H groups in total. The van der Waals surface area contributed by atoms with Gasteiger partial charge in [0.25, 0.3) is 0 Å². The van der Waals surface area contributed by atoms with Gasteiger partial charge in [0.2, 0.25) is 5.91 Å². The summed E-state index contributed by atoms with van der Waals surface area (Å²) in [6, 6.07) is 0. The third-order valence-corrected chi connectivity index (χ3v) is 1.84. The highest BCUT2D eigenvalue weighted by molar-refractivity contribution is 5.85. The van der Waals surface area contributed by atoms with Gasteiger partial charge in [-0.1, -0.05) is 0 Å². The first-order valence-corrected chi connectivity index (χ1v) is 5.05. The summed E-state index contributed by atoms with van der Waals surface area (Å²) in [5, 5.41) is 0. The van der Waals surface area contributed by atoms with E-state index in [1.165, 1.54) is 0 Å². The minimum atomic E-state index is -0.190. The Hall–Kier alpha value is -1.23. The Morgan fingerprint density at radius 2 is 1.80 bits per heavy atom. The number of hydrogen-bond donors (Lipinski definition) is 2. The van der Waals surface area contributed by atoms with Gasteiger partial charge in [0.1, 0.15) is 0 Å². The zero-order valence-electron chi connectivity index (χ0n) is 9.38. The maximum Gasteiger partial charge on any atom is 0.233 e. The van der Waals surface area contributed by atoms with Crippen LogP contribution in [0.3, 0.4) is 0 Å². The summed E-state index contributed by atoms with van der Waals surface area (Å²) in [7, 11) is 0. The van der Waals surface area contributed by atoms with Crippen LogP contribution in [-0.2, 0) is 9.59 Å². The van der Waals surface area contributed by atoms with E-state index >= 15 is 0 Å². The van der Waals surface area contributed by atoms with Crippen molar-refractivity contribution in [1.29, 1.82) is 0 Å². The number of Topliss-reactive ketones (excluding diaryl/α,β-unsaturated/α-hetero) is 1. The number of aliphatic imine (C=N–C) groups is 1. The van der Waals surface area contributed by atoms with E-state index in [9.17, 15) is 9.59 Å². The topological polar surface area (TPSA) is 84.5 Å². The molecular formula is C10H19N3O2. The van der Waals surface area contributed by atoms with Gasteiger partial charge in [-0.25, -0.2) is 5.84 Å². The summed E-state index contributed by atoms with van der Waals surface area (Å²) >= 11 is 0. The highest BCUT2D eigenvalue weighted by Gasteiger charge is 2.02. The lowest BCUT2D eigenvalue weighted by Crippen LogP contribution is -2.29. The minimum absolute atomic E-state index is 0.115. The Balaban J connectivity index is 3.47. The molecular weight excluding hydrogens is 194 g/mol.